The van der Waals surface area contributed by atoms with Crippen molar-refractivity contribution >= 4 is 27.3 Å². The zero-order valence-corrected chi connectivity index (χ0v) is 15.2. The lowest BCUT2D eigenvalue weighted by atomic mass is 9.76. The number of allylic oxidation sites excluding steroid dienone is 2. The maximum absolute atomic E-state index is 11.3. The number of nitrogens with one attached hydrogen (secondary N) is 1. The monoisotopic (exact) mass is 400 g/mol. The minimum Gasteiger partial charge on any atom is -0.494 e. The molecule has 0 fully saturated rings. The Hall–Kier alpha value is -2.34. The summed E-state index contributed by atoms with van der Waals surface area (Å²) in [6.07, 6.45) is 5.28. The van der Waals surface area contributed by atoms with Crippen LogP contribution in [0.4, 0.5) is 11.4 Å². The van der Waals surface area contributed by atoms with E-state index in [9.17, 15) is 10.1 Å². The number of non-ortho nitro benzene ring substituents is 1. The predicted molar refractivity (Wildman–Crippen MR) is 100 cm³/mol. The zero-order valence-electron chi connectivity index (χ0n) is 13.6. The van der Waals surface area contributed by atoms with Crippen molar-refractivity contribution in [3.63, 3.8) is 0 Å². The smallest absolute Gasteiger partial charge is 0.273 e. The van der Waals surface area contributed by atoms with Gasteiger partial charge in [0.05, 0.1) is 29.8 Å². The van der Waals surface area contributed by atoms with Gasteiger partial charge in [-0.3, -0.25) is 10.1 Å². The average Bonchev–Trinajstić information content (AvgIpc) is 3.10. The summed E-state index contributed by atoms with van der Waals surface area (Å²) in [4.78, 5) is 10.9. The van der Waals surface area contributed by atoms with Crippen LogP contribution in [-0.2, 0) is 0 Å². The molecule has 5 nitrogen and oxygen atoms in total. The van der Waals surface area contributed by atoms with Crippen LogP contribution in [0.25, 0.3) is 0 Å². The van der Waals surface area contributed by atoms with E-state index in [0.29, 0.717) is 11.7 Å². The highest BCUT2D eigenvalue weighted by Crippen LogP contribution is 2.53. The van der Waals surface area contributed by atoms with Crippen LogP contribution >= 0.6 is 15.9 Å². The number of anilines is 1. The normalized spacial score (nSPS) is 23.5. The molecule has 0 spiro atoms. The van der Waals surface area contributed by atoms with Crippen LogP contribution in [0.5, 0.6) is 5.75 Å². The second-order valence-electron chi connectivity index (χ2n) is 6.40. The minimum absolute atomic E-state index is 0.0670. The van der Waals surface area contributed by atoms with Gasteiger partial charge in [0.2, 0.25) is 0 Å². The molecular weight excluding hydrogens is 384 g/mol. The molecule has 25 heavy (non-hydrogen) atoms. The molecule has 0 bridgehead atoms. The van der Waals surface area contributed by atoms with Gasteiger partial charge in [-0.1, -0.05) is 40.2 Å². The number of halogens is 1. The number of methoxy groups -OCH3 is 1. The molecule has 4 rings (SSSR count). The molecule has 0 radical (unpaired) electrons. The van der Waals surface area contributed by atoms with E-state index in [0.717, 1.165) is 22.1 Å². The molecule has 0 aromatic heterocycles. The van der Waals surface area contributed by atoms with Crippen molar-refractivity contribution in [1.82, 2.24) is 0 Å². The maximum atomic E-state index is 11.3. The zero-order chi connectivity index (χ0) is 17.6. The van der Waals surface area contributed by atoms with Crippen LogP contribution in [0.2, 0.25) is 0 Å². The number of rotatable bonds is 3. The molecular formula is C19H17BrN2O3. The maximum Gasteiger partial charge on any atom is 0.273 e. The first kappa shape index (κ1) is 16.1. The lowest BCUT2D eigenvalue weighted by Gasteiger charge is -2.38. The quantitative estimate of drug-likeness (QED) is 0.437. The Morgan fingerprint density at radius 1 is 1.32 bits per heavy atom. The highest BCUT2D eigenvalue weighted by atomic mass is 79.9. The summed E-state index contributed by atoms with van der Waals surface area (Å²) in [7, 11) is 1.55. The number of ether oxygens (including phenoxy) is 1. The van der Waals surface area contributed by atoms with Crippen LogP contribution in [-0.4, -0.2) is 12.0 Å². The lowest BCUT2D eigenvalue weighted by molar-refractivity contribution is -0.385. The van der Waals surface area contributed by atoms with Crippen LogP contribution in [0, 0.1) is 16.0 Å². The molecule has 6 heteroatoms. The molecule has 0 saturated heterocycles. The molecule has 2 aromatic rings. The lowest BCUT2D eigenvalue weighted by Crippen LogP contribution is -2.29. The van der Waals surface area contributed by atoms with Crippen LogP contribution < -0.4 is 10.1 Å². The van der Waals surface area contributed by atoms with Gasteiger partial charge >= 0.3 is 0 Å². The molecule has 128 valence electrons. The summed E-state index contributed by atoms with van der Waals surface area (Å²) < 4.78 is 6.50. The van der Waals surface area contributed by atoms with Gasteiger partial charge in [0, 0.05) is 16.5 Å². The van der Waals surface area contributed by atoms with Gasteiger partial charge in [-0.15, -0.1) is 0 Å². The van der Waals surface area contributed by atoms with Gasteiger partial charge in [-0.05, 0) is 35.6 Å². The summed E-state index contributed by atoms with van der Waals surface area (Å²) in [6.45, 7) is 0. The Labute approximate surface area is 154 Å². The Morgan fingerprint density at radius 3 is 2.88 bits per heavy atom. The van der Waals surface area contributed by atoms with Gasteiger partial charge in [-0.2, -0.15) is 0 Å². The molecule has 2 unspecified atom stereocenters. The second-order valence-corrected chi connectivity index (χ2v) is 7.32. The number of benzene rings is 2. The molecule has 1 N–H and O–H groups in total. The molecule has 3 atom stereocenters. The van der Waals surface area contributed by atoms with E-state index in [1.54, 1.807) is 13.2 Å². The first-order valence-corrected chi connectivity index (χ1v) is 8.93. The summed E-state index contributed by atoms with van der Waals surface area (Å²) in [5, 5.41) is 14.9. The van der Waals surface area contributed by atoms with E-state index in [-0.39, 0.29) is 22.6 Å². The molecule has 1 heterocycles. The number of hydrogen-bond acceptors (Lipinski definition) is 4. The number of nitrogens with zero attached hydrogens (tertiary/aromatic N) is 1. The summed E-state index contributed by atoms with van der Waals surface area (Å²) >= 11 is 3.54. The molecule has 0 saturated carbocycles. The number of fused-ring (bicyclic) bond motifs is 3. The van der Waals surface area contributed by atoms with Gasteiger partial charge in [-0.25, -0.2) is 0 Å². The summed E-state index contributed by atoms with van der Waals surface area (Å²) in [5.41, 5.74) is 3.05. The Kier molecular flexibility index (Phi) is 4.00. The molecule has 0 amide bonds. The number of hydrogen-bond donors (Lipinski definition) is 1. The van der Waals surface area contributed by atoms with Crippen molar-refractivity contribution in [2.24, 2.45) is 5.92 Å². The predicted octanol–water partition coefficient (Wildman–Crippen LogP) is 5.19. The summed E-state index contributed by atoms with van der Waals surface area (Å²) in [5.74, 6) is 0.991. The van der Waals surface area contributed by atoms with Crippen molar-refractivity contribution < 1.29 is 9.66 Å². The largest absolute Gasteiger partial charge is 0.494 e. The van der Waals surface area contributed by atoms with E-state index in [4.69, 9.17) is 4.74 Å². The van der Waals surface area contributed by atoms with Gasteiger partial charge in [0.25, 0.3) is 5.69 Å². The molecule has 1 aliphatic carbocycles. The first-order valence-electron chi connectivity index (χ1n) is 8.13. The third kappa shape index (κ3) is 2.70. The van der Waals surface area contributed by atoms with E-state index in [2.05, 4.69) is 45.5 Å². The minimum atomic E-state index is -0.364. The fourth-order valence-electron chi connectivity index (χ4n) is 3.95. The standard InChI is InChI=1S/C19H17BrN2O3/c1-25-17-10-13(22(23)24)9-16-14-6-3-7-15(14)18(21-19(16)17)11-4-2-5-12(20)8-11/h2-6,8-10,14-15,18,21H,7H2,1H3/t14?,15?,18-/m1/s1. The molecule has 2 aliphatic rings. The van der Waals surface area contributed by atoms with Crippen molar-refractivity contribution in [2.75, 3.05) is 12.4 Å². The van der Waals surface area contributed by atoms with Gasteiger partial charge in [0.1, 0.15) is 5.75 Å². The fourth-order valence-corrected chi connectivity index (χ4v) is 4.37. The van der Waals surface area contributed by atoms with Crippen LogP contribution in [0.3, 0.4) is 0 Å². The topological polar surface area (TPSA) is 64.4 Å². The Bertz CT molecular complexity index is 881. The van der Waals surface area contributed by atoms with E-state index >= 15 is 0 Å². The van der Waals surface area contributed by atoms with Crippen molar-refractivity contribution in [3.8, 4) is 5.75 Å². The highest BCUT2D eigenvalue weighted by molar-refractivity contribution is 9.10. The second kappa shape index (κ2) is 6.19. The van der Waals surface area contributed by atoms with Crippen molar-refractivity contribution in [2.45, 2.75) is 18.4 Å². The summed E-state index contributed by atoms with van der Waals surface area (Å²) in [6, 6.07) is 11.6. The average molecular weight is 401 g/mol. The third-order valence-corrected chi connectivity index (χ3v) is 5.55. The Morgan fingerprint density at radius 2 is 2.16 bits per heavy atom. The third-order valence-electron chi connectivity index (χ3n) is 5.06. The van der Waals surface area contributed by atoms with Crippen molar-refractivity contribution in [3.05, 3.63) is 74.3 Å². The number of nitro benzene ring substituents is 1. The van der Waals surface area contributed by atoms with Crippen LogP contribution in [0.15, 0.2) is 53.0 Å². The van der Waals surface area contributed by atoms with E-state index in [1.165, 1.54) is 11.6 Å². The number of nitro groups is 1. The van der Waals surface area contributed by atoms with E-state index < -0.39 is 0 Å². The van der Waals surface area contributed by atoms with Gasteiger partial charge in [0.15, 0.2) is 0 Å². The Balaban J connectivity index is 1.85. The van der Waals surface area contributed by atoms with Crippen LogP contribution in [0.1, 0.15) is 29.5 Å². The molecule has 1 aliphatic heterocycles. The van der Waals surface area contributed by atoms with Gasteiger partial charge < -0.3 is 10.1 Å². The molecule has 2 aromatic carbocycles. The van der Waals surface area contributed by atoms with Crippen molar-refractivity contribution in [1.29, 1.82) is 0 Å². The SMILES string of the molecule is COc1cc([N+](=O)[O-])cc2c1N[C@H](c1cccc(Br)c1)C1CC=CC21. The van der Waals surface area contributed by atoms with E-state index in [1.807, 2.05) is 12.1 Å². The highest BCUT2D eigenvalue weighted by Gasteiger charge is 2.40. The first-order chi connectivity index (χ1) is 12.1. The fraction of sp³-hybridized carbons (Fsp3) is 0.263.